The van der Waals surface area contributed by atoms with Crippen LogP contribution in [0.2, 0.25) is 0 Å². The molecule has 6 nitrogen and oxygen atoms in total. The molecule has 1 heterocycles. The minimum atomic E-state index is -0.621. The summed E-state index contributed by atoms with van der Waals surface area (Å²) >= 11 is 0. The lowest BCUT2D eigenvalue weighted by molar-refractivity contribution is -0.116. The standard InChI is InChI=1S/C32H31FN2O4/c1-18-7-5-6-8-24(18)35-32(37)29-19(2)34-25-15-22(21-11-14-27(38-3)28(17-21)39-4)16-26(36)31(25)30(29)20-9-12-23(33)13-10-20/h5-14,17,22,30,34H,15-16H2,1-4H3,(H,35,37). The summed E-state index contributed by atoms with van der Waals surface area (Å²) in [5.41, 5.74) is 5.73. The van der Waals surface area contributed by atoms with Gasteiger partial charge in [0.2, 0.25) is 0 Å². The highest BCUT2D eigenvalue weighted by Crippen LogP contribution is 2.46. The first kappa shape index (κ1) is 26.2. The first-order valence-corrected chi connectivity index (χ1v) is 12.9. The van der Waals surface area contributed by atoms with E-state index in [0.717, 1.165) is 16.8 Å². The SMILES string of the molecule is COc1ccc(C2CC(=O)C3=C(C2)NC(C)=C(C(=O)Nc2ccccc2C)C3c2ccc(F)cc2)cc1OC. The number of ketones is 1. The minimum Gasteiger partial charge on any atom is -0.493 e. The van der Waals surface area contributed by atoms with Crippen molar-refractivity contribution in [3.63, 3.8) is 0 Å². The number of benzene rings is 3. The second-order valence-corrected chi connectivity index (χ2v) is 9.95. The highest BCUT2D eigenvalue weighted by molar-refractivity contribution is 6.10. The molecule has 3 aromatic carbocycles. The summed E-state index contributed by atoms with van der Waals surface area (Å²) in [6.07, 6.45) is 0.859. The van der Waals surface area contributed by atoms with Gasteiger partial charge in [-0.3, -0.25) is 9.59 Å². The zero-order chi connectivity index (χ0) is 27.7. The van der Waals surface area contributed by atoms with Gasteiger partial charge in [-0.2, -0.15) is 0 Å². The molecule has 1 aliphatic carbocycles. The van der Waals surface area contributed by atoms with Gasteiger partial charge >= 0.3 is 0 Å². The van der Waals surface area contributed by atoms with Crippen LogP contribution in [0, 0.1) is 12.7 Å². The highest BCUT2D eigenvalue weighted by atomic mass is 19.1. The third-order valence-electron chi connectivity index (χ3n) is 7.55. The number of anilines is 1. The van der Waals surface area contributed by atoms with E-state index in [-0.39, 0.29) is 29.8 Å². The minimum absolute atomic E-state index is 0.0495. The smallest absolute Gasteiger partial charge is 0.254 e. The normalized spacial score (nSPS) is 18.8. The van der Waals surface area contributed by atoms with E-state index in [1.807, 2.05) is 56.3 Å². The third-order valence-corrected chi connectivity index (χ3v) is 7.55. The predicted molar refractivity (Wildman–Crippen MR) is 148 cm³/mol. The number of halogens is 1. The molecule has 39 heavy (non-hydrogen) atoms. The Balaban J connectivity index is 1.55. The number of dihydropyridines is 1. The van der Waals surface area contributed by atoms with Crippen molar-refractivity contribution >= 4 is 17.4 Å². The molecular weight excluding hydrogens is 495 g/mol. The summed E-state index contributed by atoms with van der Waals surface area (Å²) in [5.74, 6) is -0.196. The number of allylic oxidation sites excluding steroid dienone is 3. The Hall–Kier alpha value is -4.39. The number of ether oxygens (including phenoxy) is 2. The number of para-hydroxylation sites is 1. The largest absolute Gasteiger partial charge is 0.493 e. The Labute approximate surface area is 227 Å². The Morgan fingerprint density at radius 1 is 0.923 bits per heavy atom. The second-order valence-electron chi connectivity index (χ2n) is 9.95. The molecular formula is C32H31FN2O4. The van der Waals surface area contributed by atoms with Crippen LogP contribution in [0.5, 0.6) is 11.5 Å². The van der Waals surface area contributed by atoms with Crippen LogP contribution < -0.4 is 20.1 Å². The Morgan fingerprint density at radius 3 is 2.31 bits per heavy atom. The van der Waals surface area contributed by atoms with Crippen LogP contribution in [0.3, 0.4) is 0 Å². The van der Waals surface area contributed by atoms with Crippen LogP contribution >= 0.6 is 0 Å². The van der Waals surface area contributed by atoms with Crippen molar-refractivity contribution in [2.45, 2.75) is 38.5 Å². The van der Waals surface area contributed by atoms with Crippen molar-refractivity contribution in [1.29, 1.82) is 0 Å². The van der Waals surface area contributed by atoms with E-state index in [4.69, 9.17) is 9.47 Å². The van der Waals surface area contributed by atoms with E-state index in [2.05, 4.69) is 10.6 Å². The molecule has 0 spiro atoms. The number of hydrogen-bond acceptors (Lipinski definition) is 5. The molecule has 3 aromatic rings. The number of amides is 1. The molecule has 0 bridgehead atoms. The molecule has 7 heteroatoms. The third kappa shape index (κ3) is 5.04. The summed E-state index contributed by atoms with van der Waals surface area (Å²) < 4.78 is 24.7. The maximum atomic E-state index is 13.9. The Kier molecular flexibility index (Phi) is 7.24. The molecule has 2 atom stereocenters. The molecule has 2 aliphatic rings. The number of nitrogens with one attached hydrogen (secondary N) is 2. The van der Waals surface area contributed by atoms with E-state index in [0.29, 0.717) is 46.0 Å². The molecule has 0 radical (unpaired) electrons. The van der Waals surface area contributed by atoms with Crippen LogP contribution in [0.25, 0.3) is 0 Å². The van der Waals surface area contributed by atoms with Crippen LogP contribution in [0.15, 0.2) is 89.3 Å². The van der Waals surface area contributed by atoms with Gasteiger partial charge in [0.15, 0.2) is 17.3 Å². The number of rotatable bonds is 6. The van der Waals surface area contributed by atoms with Gasteiger partial charge in [0.1, 0.15) is 5.82 Å². The van der Waals surface area contributed by atoms with Gasteiger partial charge in [0.05, 0.1) is 14.2 Å². The first-order chi connectivity index (χ1) is 18.8. The highest BCUT2D eigenvalue weighted by Gasteiger charge is 2.41. The summed E-state index contributed by atoms with van der Waals surface area (Å²) in [6.45, 7) is 3.77. The molecule has 1 amide bonds. The molecule has 2 N–H and O–H groups in total. The van der Waals surface area contributed by atoms with Gasteiger partial charge in [-0.25, -0.2) is 4.39 Å². The summed E-state index contributed by atoms with van der Waals surface area (Å²) in [5, 5.41) is 6.41. The summed E-state index contributed by atoms with van der Waals surface area (Å²) in [6, 6.07) is 19.3. The number of methoxy groups -OCH3 is 2. The Morgan fingerprint density at radius 2 is 1.62 bits per heavy atom. The van der Waals surface area contributed by atoms with Gasteiger partial charge in [-0.15, -0.1) is 0 Å². The molecule has 0 saturated carbocycles. The summed E-state index contributed by atoms with van der Waals surface area (Å²) in [4.78, 5) is 27.6. The average molecular weight is 527 g/mol. The summed E-state index contributed by atoms with van der Waals surface area (Å²) in [7, 11) is 3.17. The number of aryl methyl sites for hydroxylation is 1. The van der Waals surface area contributed by atoms with Crippen molar-refractivity contribution in [3.8, 4) is 11.5 Å². The molecule has 2 unspecified atom stereocenters. The maximum Gasteiger partial charge on any atom is 0.254 e. The molecule has 0 fully saturated rings. The molecule has 1 aliphatic heterocycles. The van der Waals surface area contributed by atoms with Crippen LogP contribution in [-0.2, 0) is 9.59 Å². The van der Waals surface area contributed by atoms with E-state index in [1.54, 1.807) is 26.4 Å². The molecule has 0 saturated heterocycles. The van der Waals surface area contributed by atoms with Gasteiger partial charge in [-0.05, 0) is 73.2 Å². The van der Waals surface area contributed by atoms with Crippen LogP contribution in [-0.4, -0.2) is 25.9 Å². The van der Waals surface area contributed by atoms with Crippen molar-refractivity contribution in [3.05, 3.63) is 112 Å². The number of Topliss-reactive ketones (excluding diaryl/α,β-unsaturated/α-hetero) is 1. The fourth-order valence-corrected chi connectivity index (χ4v) is 5.57. The fraction of sp³-hybridized carbons (Fsp3) is 0.250. The molecule has 0 aromatic heterocycles. The molecule has 200 valence electrons. The van der Waals surface area contributed by atoms with Gasteiger partial charge in [0.25, 0.3) is 5.91 Å². The number of carbonyl (C=O) groups excluding carboxylic acids is 2. The van der Waals surface area contributed by atoms with Gasteiger partial charge in [-0.1, -0.05) is 36.4 Å². The monoisotopic (exact) mass is 526 g/mol. The lowest BCUT2D eigenvalue weighted by atomic mass is 9.71. The number of hydrogen-bond donors (Lipinski definition) is 2. The lowest BCUT2D eigenvalue weighted by Gasteiger charge is -2.37. The van der Waals surface area contributed by atoms with Crippen LogP contribution in [0.4, 0.5) is 10.1 Å². The predicted octanol–water partition coefficient (Wildman–Crippen LogP) is 6.15. The lowest BCUT2D eigenvalue weighted by Crippen LogP contribution is -2.37. The van der Waals surface area contributed by atoms with E-state index < -0.39 is 5.92 Å². The zero-order valence-electron chi connectivity index (χ0n) is 22.4. The number of carbonyl (C=O) groups is 2. The molecule has 5 rings (SSSR count). The second kappa shape index (κ2) is 10.8. The van der Waals surface area contributed by atoms with Crippen molar-refractivity contribution in [1.82, 2.24) is 5.32 Å². The van der Waals surface area contributed by atoms with Crippen LogP contribution in [0.1, 0.15) is 48.3 Å². The van der Waals surface area contributed by atoms with E-state index in [9.17, 15) is 14.0 Å². The van der Waals surface area contributed by atoms with E-state index >= 15 is 0 Å². The quantitative estimate of drug-likeness (QED) is 0.403. The average Bonchev–Trinajstić information content (AvgIpc) is 2.93. The first-order valence-electron chi connectivity index (χ1n) is 12.9. The topological polar surface area (TPSA) is 76.7 Å². The van der Waals surface area contributed by atoms with Crippen molar-refractivity contribution in [2.24, 2.45) is 0 Å². The van der Waals surface area contributed by atoms with E-state index in [1.165, 1.54) is 12.1 Å². The Bertz CT molecular complexity index is 1510. The fourth-order valence-electron chi connectivity index (χ4n) is 5.57. The van der Waals surface area contributed by atoms with Gasteiger partial charge in [0, 0.05) is 40.6 Å². The van der Waals surface area contributed by atoms with Crippen molar-refractivity contribution in [2.75, 3.05) is 19.5 Å². The van der Waals surface area contributed by atoms with Gasteiger partial charge < -0.3 is 20.1 Å². The van der Waals surface area contributed by atoms with Crippen molar-refractivity contribution < 1.29 is 23.5 Å². The zero-order valence-corrected chi connectivity index (χ0v) is 22.4. The maximum absolute atomic E-state index is 13.9.